The first-order valence-corrected chi connectivity index (χ1v) is 5.86. The molecule has 1 aliphatic rings. The Bertz CT molecular complexity index is 363. The molecule has 1 aromatic rings. The molecule has 0 spiro atoms. The molecule has 1 saturated carbocycles. The molecular formula is C11H13BrN2O. The standard InChI is InChI=1S/C11H13BrN2O/c12-8-3-1-6-10(7-8)14-11(15)13-9-4-2-5-9/h1,3,6-7,9H,2,4-5H2,(H2,13,14,15). The van der Waals surface area contributed by atoms with Crippen LogP contribution in [0.4, 0.5) is 10.5 Å². The first-order valence-electron chi connectivity index (χ1n) is 5.07. The molecule has 15 heavy (non-hydrogen) atoms. The molecule has 0 aliphatic heterocycles. The number of anilines is 1. The highest BCUT2D eigenvalue weighted by atomic mass is 79.9. The summed E-state index contributed by atoms with van der Waals surface area (Å²) in [6.07, 6.45) is 3.43. The Morgan fingerprint density at radius 1 is 1.40 bits per heavy atom. The maximum atomic E-state index is 11.5. The topological polar surface area (TPSA) is 41.1 Å². The molecule has 0 heterocycles. The van der Waals surface area contributed by atoms with Gasteiger partial charge in [-0.2, -0.15) is 0 Å². The molecule has 2 rings (SSSR count). The minimum atomic E-state index is -0.113. The normalized spacial score (nSPS) is 15.5. The van der Waals surface area contributed by atoms with Gasteiger partial charge >= 0.3 is 6.03 Å². The molecule has 0 saturated heterocycles. The van der Waals surface area contributed by atoms with Crippen molar-refractivity contribution in [3.63, 3.8) is 0 Å². The average molecular weight is 269 g/mol. The molecular weight excluding hydrogens is 256 g/mol. The van der Waals surface area contributed by atoms with Gasteiger partial charge in [0.05, 0.1) is 0 Å². The largest absolute Gasteiger partial charge is 0.335 e. The fraction of sp³-hybridized carbons (Fsp3) is 0.364. The second-order valence-corrected chi connectivity index (χ2v) is 4.65. The molecule has 0 atom stereocenters. The number of hydrogen-bond acceptors (Lipinski definition) is 1. The first kappa shape index (κ1) is 10.5. The van der Waals surface area contributed by atoms with Crippen LogP contribution in [0.5, 0.6) is 0 Å². The molecule has 1 fully saturated rings. The molecule has 0 aromatic heterocycles. The van der Waals surface area contributed by atoms with Gasteiger partial charge in [-0.15, -0.1) is 0 Å². The summed E-state index contributed by atoms with van der Waals surface area (Å²) in [7, 11) is 0. The van der Waals surface area contributed by atoms with Gasteiger partial charge in [0, 0.05) is 16.2 Å². The minimum Gasteiger partial charge on any atom is -0.335 e. The molecule has 0 radical (unpaired) electrons. The molecule has 1 aromatic carbocycles. The predicted molar refractivity (Wildman–Crippen MR) is 63.9 cm³/mol. The van der Waals surface area contributed by atoms with Gasteiger partial charge in [-0.1, -0.05) is 22.0 Å². The summed E-state index contributed by atoms with van der Waals surface area (Å²) in [4.78, 5) is 11.5. The van der Waals surface area contributed by atoms with Crippen molar-refractivity contribution in [3.05, 3.63) is 28.7 Å². The van der Waals surface area contributed by atoms with E-state index in [1.165, 1.54) is 6.42 Å². The van der Waals surface area contributed by atoms with Crippen molar-refractivity contribution < 1.29 is 4.79 Å². The van der Waals surface area contributed by atoms with E-state index in [0.717, 1.165) is 23.0 Å². The Kier molecular flexibility index (Phi) is 3.26. The molecule has 3 nitrogen and oxygen atoms in total. The summed E-state index contributed by atoms with van der Waals surface area (Å²) >= 11 is 3.36. The highest BCUT2D eigenvalue weighted by Gasteiger charge is 2.19. The number of hydrogen-bond donors (Lipinski definition) is 2. The van der Waals surface area contributed by atoms with Crippen molar-refractivity contribution in [2.45, 2.75) is 25.3 Å². The molecule has 2 amide bonds. The highest BCUT2D eigenvalue weighted by molar-refractivity contribution is 9.10. The number of halogens is 1. The van der Waals surface area contributed by atoms with Crippen molar-refractivity contribution in [1.29, 1.82) is 0 Å². The summed E-state index contributed by atoms with van der Waals surface area (Å²) in [5.41, 5.74) is 0.807. The van der Waals surface area contributed by atoms with Gasteiger partial charge in [0.2, 0.25) is 0 Å². The lowest BCUT2D eigenvalue weighted by Crippen LogP contribution is -2.41. The first-order chi connectivity index (χ1) is 7.24. The van der Waals surface area contributed by atoms with Crippen LogP contribution >= 0.6 is 15.9 Å². The van der Waals surface area contributed by atoms with Crippen molar-refractivity contribution >= 4 is 27.6 Å². The zero-order valence-corrected chi connectivity index (χ0v) is 9.88. The Morgan fingerprint density at radius 2 is 2.20 bits per heavy atom. The number of rotatable bonds is 2. The molecule has 4 heteroatoms. The fourth-order valence-electron chi connectivity index (χ4n) is 1.47. The van der Waals surface area contributed by atoms with Crippen LogP contribution in [0.1, 0.15) is 19.3 Å². The number of carbonyl (C=O) groups excluding carboxylic acids is 1. The van der Waals surface area contributed by atoms with Gasteiger partial charge in [0.15, 0.2) is 0 Å². The van der Waals surface area contributed by atoms with Gasteiger partial charge in [-0.3, -0.25) is 0 Å². The van der Waals surface area contributed by atoms with E-state index in [9.17, 15) is 4.79 Å². The average Bonchev–Trinajstić information content (AvgIpc) is 2.11. The molecule has 0 unspecified atom stereocenters. The lowest BCUT2D eigenvalue weighted by Gasteiger charge is -2.26. The second kappa shape index (κ2) is 4.66. The van der Waals surface area contributed by atoms with Crippen LogP contribution in [0.2, 0.25) is 0 Å². The van der Waals surface area contributed by atoms with Crippen LogP contribution < -0.4 is 10.6 Å². The van der Waals surface area contributed by atoms with E-state index in [-0.39, 0.29) is 6.03 Å². The van der Waals surface area contributed by atoms with E-state index in [2.05, 4.69) is 26.6 Å². The maximum Gasteiger partial charge on any atom is 0.319 e. The lowest BCUT2D eigenvalue weighted by molar-refractivity contribution is 0.240. The highest BCUT2D eigenvalue weighted by Crippen LogP contribution is 2.19. The van der Waals surface area contributed by atoms with Gasteiger partial charge in [-0.05, 0) is 37.5 Å². The van der Waals surface area contributed by atoms with Gasteiger partial charge in [-0.25, -0.2) is 4.79 Å². The summed E-state index contributed by atoms with van der Waals surface area (Å²) in [5.74, 6) is 0. The van der Waals surface area contributed by atoms with Crippen LogP contribution in [-0.4, -0.2) is 12.1 Å². The van der Waals surface area contributed by atoms with E-state index in [0.29, 0.717) is 6.04 Å². The number of carbonyl (C=O) groups is 1. The minimum absolute atomic E-state index is 0.113. The zero-order valence-electron chi connectivity index (χ0n) is 8.29. The Labute approximate surface area is 97.4 Å². The lowest BCUT2D eigenvalue weighted by atomic mass is 9.93. The second-order valence-electron chi connectivity index (χ2n) is 3.74. The maximum absolute atomic E-state index is 11.5. The zero-order chi connectivity index (χ0) is 10.7. The Morgan fingerprint density at radius 3 is 2.80 bits per heavy atom. The van der Waals surface area contributed by atoms with E-state index in [1.54, 1.807) is 0 Å². The van der Waals surface area contributed by atoms with Gasteiger partial charge < -0.3 is 10.6 Å². The third-order valence-corrected chi connectivity index (χ3v) is 3.02. The third kappa shape index (κ3) is 2.96. The van der Waals surface area contributed by atoms with Crippen LogP contribution in [0.3, 0.4) is 0 Å². The van der Waals surface area contributed by atoms with Crippen molar-refractivity contribution in [2.75, 3.05) is 5.32 Å². The molecule has 2 N–H and O–H groups in total. The van der Waals surface area contributed by atoms with E-state index in [1.807, 2.05) is 24.3 Å². The van der Waals surface area contributed by atoms with Crippen molar-refractivity contribution in [2.24, 2.45) is 0 Å². The van der Waals surface area contributed by atoms with Gasteiger partial charge in [0.1, 0.15) is 0 Å². The Hall–Kier alpha value is -1.03. The summed E-state index contributed by atoms with van der Waals surface area (Å²) in [6.45, 7) is 0. The number of benzene rings is 1. The smallest absolute Gasteiger partial charge is 0.319 e. The van der Waals surface area contributed by atoms with E-state index < -0.39 is 0 Å². The fourth-order valence-corrected chi connectivity index (χ4v) is 1.87. The SMILES string of the molecule is O=C(Nc1cccc(Br)c1)NC1CCC1. The third-order valence-electron chi connectivity index (χ3n) is 2.52. The summed E-state index contributed by atoms with van der Waals surface area (Å²) in [6, 6.07) is 7.82. The van der Waals surface area contributed by atoms with Crippen LogP contribution in [0.25, 0.3) is 0 Å². The van der Waals surface area contributed by atoms with E-state index >= 15 is 0 Å². The monoisotopic (exact) mass is 268 g/mol. The summed E-state index contributed by atoms with van der Waals surface area (Å²) < 4.78 is 0.962. The number of amides is 2. The van der Waals surface area contributed by atoms with Crippen molar-refractivity contribution in [3.8, 4) is 0 Å². The Balaban J connectivity index is 1.87. The van der Waals surface area contributed by atoms with Crippen LogP contribution in [0, 0.1) is 0 Å². The van der Waals surface area contributed by atoms with Crippen molar-refractivity contribution in [1.82, 2.24) is 5.32 Å². The van der Waals surface area contributed by atoms with E-state index in [4.69, 9.17) is 0 Å². The van der Waals surface area contributed by atoms with Crippen LogP contribution in [-0.2, 0) is 0 Å². The quantitative estimate of drug-likeness (QED) is 0.850. The summed E-state index contributed by atoms with van der Waals surface area (Å²) in [5, 5.41) is 5.72. The predicted octanol–water partition coefficient (Wildman–Crippen LogP) is 3.12. The molecule has 0 bridgehead atoms. The molecule has 80 valence electrons. The number of nitrogens with one attached hydrogen (secondary N) is 2. The van der Waals surface area contributed by atoms with Crippen LogP contribution in [0.15, 0.2) is 28.7 Å². The number of urea groups is 1. The van der Waals surface area contributed by atoms with Gasteiger partial charge in [0.25, 0.3) is 0 Å². The molecule has 1 aliphatic carbocycles.